The van der Waals surface area contributed by atoms with Gasteiger partial charge in [-0.25, -0.2) is 9.78 Å². The summed E-state index contributed by atoms with van der Waals surface area (Å²) in [4.78, 5) is 49.2. The molecule has 2 aromatic rings. The molecule has 0 aliphatic carbocycles. The Morgan fingerprint density at radius 3 is 2.51 bits per heavy atom. The molecule has 13 heteroatoms. The summed E-state index contributed by atoms with van der Waals surface area (Å²) in [6, 6.07) is -0.142. The summed E-state index contributed by atoms with van der Waals surface area (Å²) in [7, 11) is 0. The minimum atomic E-state index is -1.20. The van der Waals surface area contributed by atoms with Crippen molar-refractivity contribution < 1.29 is 23.9 Å². The molecule has 0 saturated carbocycles. The van der Waals surface area contributed by atoms with E-state index in [2.05, 4.69) is 41.5 Å². The van der Waals surface area contributed by atoms with Crippen LogP contribution in [0.5, 0.6) is 0 Å². The van der Waals surface area contributed by atoms with Gasteiger partial charge in [0.15, 0.2) is 11.7 Å². The third-order valence-electron chi connectivity index (χ3n) is 4.85. The second-order valence-corrected chi connectivity index (χ2v) is 9.23. The zero-order valence-corrected chi connectivity index (χ0v) is 21.3. The van der Waals surface area contributed by atoms with E-state index < -0.39 is 24.0 Å². The molecular weight excluding hydrogens is 522 g/mol. The van der Waals surface area contributed by atoms with E-state index in [-0.39, 0.29) is 48.1 Å². The highest BCUT2D eigenvalue weighted by Crippen LogP contribution is 2.24. The van der Waals surface area contributed by atoms with E-state index in [0.717, 1.165) is 0 Å². The molecule has 0 bridgehead atoms. The van der Waals surface area contributed by atoms with Crippen molar-refractivity contribution in [3.8, 4) is 0 Å². The fourth-order valence-electron chi connectivity index (χ4n) is 3.23. The van der Waals surface area contributed by atoms with E-state index in [0.29, 0.717) is 22.9 Å². The van der Waals surface area contributed by atoms with Crippen LogP contribution in [0.1, 0.15) is 71.6 Å². The number of carbonyl (C=O) groups is 3. The predicted molar refractivity (Wildman–Crippen MR) is 132 cm³/mol. The third kappa shape index (κ3) is 8.67. The minimum absolute atomic E-state index is 0.0531. The van der Waals surface area contributed by atoms with Crippen LogP contribution in [0.25, 0.3) is 0 Å². The summed E-state index contributed by atoms with van der Waals surface area (Å²) >= 11 is 3.29. The number of nitrogens with zero attached hydrogens (tertiary/aromatic N) is 3. The lowest BCUT2D eigenvalue weighted by molar-refractivity contribution is -0.139. The Hall–Kier alpha value is -3.48. The first-order valence-electron chi connectivity index (χ1n) is 11.0. The zero-order valence-electron chi connectivity index (χ0n) is 19.7. The number of pyridine rings is 1. The molecule has 0 aliphatic rings. The number of hydrogen-bond donors (Lipinski definition) is 5. The Kier molecular flexibility index (Phi) is 10.2. The molecule has 2 atom stereocenters. The lowest BCUT2D eigenvalue weighted by Crippen LogP contribution is -2.41. The maximum atomic E-state index is 12.8. The molecule has 2 amide bonds. The first-order chi connectivity index (χ1) is 16.5. The number of aromatic nitrogens is 2. The first-order valence-corrected chi connectivity index (χ1v) is 11.7. The molecule has 12 nitrogen and oxygen atoms in total. The molecule has 0 radical (unpaired) electrons. The molecule has 7 N–H and O–H groups in total. The van der Waals surface area contributed by atoms with E-state index in [4.69, 9.17) is 15.9 Å². The van der Waals surface area contributed by atoms with Crippen LogP contribution in [0.2, 0.25) is 0 Å². The lowest BCUT2D eigenvalue weighted by Gasteiger charge is -2.17. The standard InChI is InChI=1S/C22H30BrN7O5/c1-11(2)7-16(29-18(31)13-8-14(23)10-26-9-13)20-30-17(12(3)35-20)19(32)28-15(21(33)34)5-4-6-27-22(24)25/h8-11,15-16H,4-7H2,1-3H3,(H,28,32)(H,29,31)(H,33,34)(H4,24,25,27)/t15-,16-/m0/s1. The largest absolute Gasteiger partial charge is 0.480 e. The molecule has 0 unspecified atom stereocenters. The van der Waals surface area contributed by atoms with Crippen LogP contribution in [-0.2, 0) is 4.79 Å². The molecule has 0 aliphatic heterocycles. The number of halogens is 1. The summed E-state index contributed by atoms with van der Waals surface area (Å²) < 4.78 is 6.38. The average Bonchev–Trinajstić information content (AvgIpc) is 3.16. The molecule has 2 rings (SSSR count). The monoisotopic (exact) mass is 551 g/mol. The Balaban J connectivity index is 2.17. The van der Waals surface area contributed by atoms with Crippen LogP contribution in [0, 0.1) is 12.8 Å². The summed E-state index contributed by atoms with van der Waals surface area (Å²) in [5, 5.41) is 14.8. The number of aliphatic imine (C=N–C) groups is 1. The maximum Gasteiger partial charge on any atom is 0.326 e. The first kappa shape index (κ1) is 27.8. The van der Waals surface area contributed by atoms with Gasteiger partial charge in [0, 0.05) is 23.4 Å². The van der Waals surface area contributed by atoms with E-state index in [1.807, 2.05) is 13.8 Å². The molecule has 0 fully saturated rings. The van der Waals surface area contributed by atoms with Crippen molar-refractivity contribution in [1.29, 1.82) is 0 Å². The van der Waals surface area contributed by atoms with Gasteiger partial charge in [0.25, 0.3) is 11.8 Å². The van der Waals surface area contributed by atoms with E-state index in [1.54, 1.807) is 19.2 Å². The number of rotatable bonds is 12. The summed E-state index contributed by atoms with van der Waals surface area (Å²) in [5.41, 5.74) is 10.8. The van der Waals surface area contributed by atoms with Gasteiger partial charge >= 0.3 is 5.97 Å². The van der Waals surface area contributed by atoms with Crippen molar-refractivity contribution in [2.75, 3.05) is 6.54 Å². The molecule has 0 saturated heterocycles. The lowest BCUT2D eigenvalue weighted by atomic mass is 10.0. The van der Waals surface area contributed by atoms with E-state index in [9.17, 15) is 19.5 Å². The number of nitrogens with one attached hydrogen (secondary N) is 2. The molecule has 190 valence electrons. The quantitative estimate of drug-likeness (QED) is 0.148. The fraction of sp³-hybridized carbons (Fsp3) is 0.455. The van der Waals surface area contributed by atoms with Gasteiger partial charge in [-0.3, -0.25) is 19.6 Å². The second kappa shape index (κ2) is 12.8. The predicted octanol–water partition coefficient (Wildman–Crippen LogP) is 1.89. The number of amides is 2. The normalized spacial score (nSPS) is 12.6. The van der Waals surface area contributed by atoms with Gasteiger partial charge in [-0.15, -0.1) is 0 Å². The number of guanidine groups is 1. The molecule has 2 aromatic heterocycles. The van der Waals surface area contributed by atoms with Crippen molar-refractivity contribution >= 4 is 39.7 Å². The zero-order chi connectivity index (χ0) is 26.1. The number of aryl methyl sites for hydroxylation is 1. The van der Waals surface area contributed by atoms with Gasteiger partial charge in [0.05, 0.1) is 5.56 Å². The Bertz CT molecular complexity index is 1080. The van der Waals surface area contributed by atoms with Crippen molar-refractivity contribution in [1.82, 2.24) is 20.6 Å². The Labute approximate surface area is 211 Å². The summed E-state index contributed by atoms with van der Waals surface area (Å²) in [6.07, 6.45) is 3.97. The van der Waals surface area contributed by atoms with Crippen LogP contribution in [0.3, 0.4) is 0 Å². The van der Waals surface area contributed by atoms with Crippen molar-refractivity contribution in [2.24, 2.45) is 22.4 Å². The number of nitrogens with two attached hydrogens (primary N) is 2. The topological polar surface area (TPSA) is 199 Å². The smallest absolute Gasteiger partial charge is 0.326 e. The molecule has 35 heavy (non-hydrogen) atoms. The van der Waals surface area contributed by atoms with Crippen LogP contribution < -0.4 is 22.1 Å². The number of carboxylic acid groups (broad SMARTS) is 1. The number of carbonyl (C=O) groups excluding carboxylic acids is 2. The van der Waals surface area contributed by atoms with Gasteiger partial charge in [-0.05, 0) is 54.1 Å². The van der Waals surface area contributed by atoms with Gasteiger partial charge < -0.3 is 31.6 Å². The molecular formula is C22H30BrN7O5. The van der Waals surface area contributed by atoms with Crippen LogP contribution >= 0.6 is 15.9 Å². The SMILES string of the molecule is Cc1oc([C@H](CC(C)C)NC(=O)c2cncc(Br)c2)nc1C(=O)N[C@@H](CCCN=C(N)N)C(=O)O. The average molecular weight is 552 g/mol. The maximum absolute atomic E-state index is 12.8. The number of hydrogen-bond acceptors (Lipinski definition) is 7. The second-order valence-electron chi connectivity index (χ2n) is 8.32. The van der Waals surface area contributed by atoms with Gasteiger partial charge in [-0.1, -0.05) is 13.8 Å². The molecule has 0 aromatic carbocycles. The van der Waals surface area contributed by atoms with Gasteiger partial charge in [0.1, 0.15) is 17.8 Å². The number of carboxylic acids is 1. The van der Waals surface area contributed by atoms with E-state index in [1.165, 1.54) is 6.20 Å². The highest BCUT2D eigenvalue weighted by atomic mass is 79.9. The highest BCUT2D eigenvalue weighted by molar-refractivity contribution is 9.10. The van der Waals surface area contributed by atoms with Crippen LogP contribution in [-0.4, -0.2) is 51.4 Å². The van der Waals surface area contributed by atoms with Gasteiger partial charge in [0.2, 0.25) is 5.89 Å². The summed E-state index contributed by atoms with van der Waals surface area (Å²) in [5.74, 6) is -1.84. The van der Waals surface area contributed by atoms with E-state index >= 15 is 0 Å². The Morgan fingerprint density at radius 1 is 1.20 bits per heavy atom. The Morgan fingerprint density at radius 2 is 1.91 bits per heavy atom. The van der Waals surface area contributed by atoms with Crippen molar-refractivity contribution in [3.63, 3.8) is 0 Å². The third-order valence-corrected chi connectivity index (χ3v) is 5.29. The minimum Gasteiger partial charge on any atom is -0.480 e. The van der Waals surface area contributed by atoms with Crippen LogP contribution in [0.15, 0.2) is 32.3 Å². The van der Waals surface area contributed by atoms with Crippen molar-refractivity contribution in [2.45, 2.75) is 52.1 Å². The summed E-state index contributed by atoms with van der Waals surface area (Å²) in [6.45, 7) is 5.73. The molecule has 2 heterocycles. The van der Waals surface area contributed by atoms with Crippen LogP contribution in [0.4, 0.5) is 0 Å². The molecule has 0 spiro atoms. The number of oxazole rings is 1. The van der Waals surface area contributed by atoms with Crippen molar-refractivity contribution in [3.05, 3.63) is 45.8 Å². The number of aliphatic carboxylic acids is 1. The fourth-order valence-corrected chi connectivity index (χ4v) is 3.60. The van der Waals surface area contributed by atoms with Gasteiger partial charge in [-0.2, -0.15) is 0 Å². The highest BCUT2D eigenvalue weighted by Gasteiger charge is 2.28.